The van der Waals surface area contributed by atoms with Gasteiger partial charge in [0.05, 0.1) is 37.5 Å². The number of nitrogens with zero attached hydrogens (tertiary/aromatic N) is 6. The number of rotatable bonds is 7. The normalized spacial score (nSPS) is 17.8. The second-order valence-electron chi connectivity index (χ2n) is 7.71. The molecule has 1 saturated heterocycles. The lowest BCUT2D eigenvalue weighted by atomic mass is 10.1. The molecule has 1 N–H and O–H groups in total. The first-order chi connectivity index (χ1) is 15.3. The van der Waals surface area contributed by atoms with Crippen molar-refractivity contribution in [1.82, 2.24) is 35.0 Å². The van der Waals surface area contributed by atoms with Gasteiger partial charge in [0.2, 0.25) is 0 Å². The minimum absolute atomic E-state index is 0.0234. The van der Waals surface area contributed by atoms with E-state index in [-0.39, 0.29) is 17.9 Å². The smallest absolute Gasteiger partial charge is 0.275 e. The highest BCUT2D eigenvalue weighted by molar-refractivity contribution is 6.05. The minimum atomic E-state index is -3.04. The first-order valence-corrected chi connectivity index (χ1v) is 10.1. The number of methoxy groups -OCH3 is 1. The Labute approximate surface area is 182 Å². The van der Waals surface area contributed by atoms with Crippen LogP contribution in [-0.4, -0.2) is 80.3 Å². The monoisotopic (exact) mass is 447 g/mol. The van der Waals surface area contributed by atoms with E-state index in [1.807, 2.05) is 12.1 Å². The molecule has 1 aliphatic heterocycles. The van der Waals surface area contributed by atoms with Crippen LogP contribution >= 0.6 is 0 Å². The van der Waals surface area contributed by atoms with Crippen molar-refractivity contribution in [2.75, 3.05) is 26.8 Å². The molecular weight excluding hydrogens is 424 g/mol. The van der Waals surface area contributed by atoms with Crippen LogP contribution in [-0.2, 0) is 18.3 Å². The predicted molar refractivity (Wildman–Crippen MR) is 109 cm³/mol. The summed E-state index contributed by atoms with van der Waals surface area (Å²) in [5.74, 6) is -4.05. The molecule has 0 aliphatic carbocycles. The molecule has 2 aromatic heterocycles. The van der Waals surface area contributed by atoms with Crippen LogP contribution in [0.1, 0.15) is 27.4 Å². The average Bonchev–Trinajstić information content (AvgIpc) is 3.44. The molecule has 0 spiro atoms. The Morgan fingerprint density at radius 2 is 2.09 bits per heavy atom. The van der Waals surface area contributed by atoms with Crippen molar-refractivity contribution < 1.29 is 23.1 Å². The van der Waals surface area contributed by atoms with Crippen LogP contribution in [0.2, 0.25) is 0 Å². The molecule has 1 aromatic carbocycles. The number of carbonyl (C=O) groups excluding carboxylic acids is 2. The van der Waals surface area contributed by atoms with Crippen molar-refractivity contribution in [3.05, 3.63) is 41.9 Å². The summed E-state index contributed by atoms with van der Waals surface area (Å²) >= 11 is 0. The molecule has 2 amide bonds. The number of fused-ring (bicyclic) bond motifs is 1. The fraction of sp³-hybridized carbons (Fsp3) is 0.450. The number of aryl methyl sites for hydroxylation is 1. The maximum absolute atomic E-state index is 14.3. The minimum Gasteiger partial charge on any atom is -0.383 e. The molecule has 10 nitrogen and oxygen atoms in total. The Balaban J connectivity index is 1.53. The van der Waals surface area contributed by atoms with Gasteiger partial charge in [0.15, 0.2) is 11.4 Å². The van der Waals surface area contributed by atoms with Gasteiger partial charge >= 0.3 is 0 Å². The fourth-order valence-electron chi connectivity index (χ4n) is 3.87. The molecule has 0 bridgehead atoms. The highest BCUT2D eigenvalue weighted by Crippen LogP contribution is 2.34. The second-order valence-corrected chi connectivity index (χ2v) is 7.71. The van der Waals surface area contributed by atoms with Crippen molar-refractivity contribution in [3.63, 3.8) is 0 Å². The first kappa shape index (κ1) is 21.8. The number of hydrogen-bond donors (Lipinski definition) is 1. The number of amides is 2. The number of benzene rings is 1. The summed E-state index contributed by atoms with van der Waals surface area (Å²) in [6.45, 7) is -0.0848. The predicted octanol–water partition coefficient (Wildman–Crippen LogP) is 1.09. The molecule has 3 heterocycles. The van der Waals surface area contributed by atoms with Gasteiger partial charge in [-0.15, -0.1) is 5.10 Å². The third-order valence-corrected chi connectivity index (χ3v) is 5.36. The molecule has 32 heavy (non-hydrogen) atoms. The SMILES string of the molecule is COCCNC(=O)c1cn(CC2CC(F)(F)CN2C(=O)c2nn(C)c3ccccc23)nn1. The van der Waals surface area contributed by atoms with E-state index in [1.54, 1.807) is 23.9 Å². The van der Waals surface area contributed by atoms with Crippen LogP contribution < -0.4 is 5.32 Å². The van der Waals surface area contributed by atoms with E-state index >= 15 is 0 Å². The van der Waals surface area contributed by atoms with Crippen LogP contribution in [0, 0.1) is 0 Å². The maximum Gasteiger partial charge on any atom is 0.275 e. The summed E-state index contributed by atoms with van der Waals surface area (Å²) in [7, 11) is 3.21. The molecular formula is C20H23F2N7O3. The van der Waals surface area contributed by atoms with E-state index in [9.17, 15) is 18.4 Å². The Bertz CT molecular complexity index is 1140. The molecule has 0 saturated carbocycles. The van der Waals surface area contributed by atoms with Gasteiger partial charge in [-0.05, 0) is 6.07 Å². The highest BCUT2D eigenvalue weighted by Gasteiger charge is 2.48. The number of likely N-dealkylation sites (tertiary alicyclic amines) is 1. The molecule has 170 valence electrons. The third kappa shape index (κ3) is 4.31. The summed E-state index contributed by atoms with van der Waals surface area (Å²) in [4.78, 5) is 26.4. The summed E-state index contributed by atoms with van der Waals surface area (Å²) in [5, 5.41) is 15.2. The molecule has 0 radical (unpaired) electrons. The van der Waals surface area contributed by atoms with Crippen molar-refractivity contribution in [3.8, 4) is 0 Å². The number of halogens is 2. The number of para-hydroxylation sites is 1. The Morgan fingerprint density at radius 1 is 1.31 bits per heavy atom. The van der Waals surface area contributed by atoms with Crippen LogP contribution in [0.5, 0.6) is 0 Å². The zero-order chi connectivity index (χ0) is 22.9. The van der Waals surface area contributed by atoms with Crippen LogP contribution in [0.4, 0.5) is 8.78 Å². The number of carbonyl (C=O) groups is 2. The lowest BCUT2D eigenvalue weighted by molar-refractivity contribution is 0.0117. The van der Waals surface area contributed by atoms with Gasteiger partial charge in [0, 0.05) is 32.5 Å². The van der Waals surface area contributed by atoms with E-state index in [1.165, 1.54) is 18.0 Å². The lowest BCUT2D eigenvalue weighted by Crippen LogP contribution is -2.39. The van der Waals surface area contributed by atoms with Crippen molar-refractivity contribution in [2.24, 2.45) is 7.05 Å². The molecule has 1 atom stereocenters. The lowest BCUT2D eigenvalue weighted by Gasteiger charge is -2.23. The number of nitrogens with one attached hydrogen (secondary N) is 1. The molecule has 12 heteroatoms. The second kappa shape index (κ2) is 8.61. The zero-order valence-corrected chi connectivity index (χ0v) is 17.7. The summed E-state index contributed by atoms with van der Waals surface area (Å²) < 4.78 is 36.3. The van der Waals surface area contributed by atoms with Gasteiger partial charge in [0.25, 0.3) is 17.7 Å². The topological polar surface area (TPSA) is 107 Å². The van der Waals surface area contributed by atoms with E-state index in [0.717, 1.165) is 10.4 Å². The Morgan fingerprint density at radius 3 is 2.88 bits per heavy atom. The Kier molecular flexibility index (Phi) is 5.87. The maximum atomic E-state index is 14.3. The third-order valence-electron chi connectivity index (χ3n) is 5.36. The molecule has 4 rings (SSSR count). The van der Waals surface area contributed by atoms with E-state index in [0.29, 0.717) is 18.5 Å². The van der Waals surface area contributed by atoms with Crippen LogP contribution in [0.15, 0.2) is 30.5 Å². The Hall–Kier alpha value is -3.41. The van der Waals surface area contributed by atoms with Crippen LogP contribution in [0.3, 0.4) is 0 Å². The number of ether oxygens (including phenoxy) is 1. The molecule has 1 fully saturated rings. The highest BCUT2D eigenvalue weighted by atomic mass is 19.3. The zero-order valence-electron chi connectivity index (χ0n) is 17.7. The number of alkyl halides is 2. The van der Waals surface area contributed by atoms with Crippen molar-refractivity contribution in [1.29, 1.82) is 0 Å². The van der Waals surface area contributed by atoms with Crippen molar-refractivity contribution >= 4 is 22.7 Å². The van der Waals surface area contributed by atoms with E-state index < -0.39 is 36.7 Å². The first-order valence-electron chi connectivity index (χ1n) is 10.1. The summed E-state index contributed by atoms with van der Waals surface area (Å²) in [5.41, 5.74) is 0.917. The van der Waals surface area contributed by atoms with Crippen LogP contribution in [0.25, 0.3) is 10.9 Å². The number of hydrogen-bond acceptors (Lipinski definition) is 6. The van der Waals surface area contributed by atoms with Gasteiger partial charge in [-0.3, -0.25) is 14.3 Å². The van der Waals surface area contributed by atoms with Crippen molar-refractivity contribution in [2.45, 2.75) is 24.9 Å². The average molecular weight is 447 g/mol. The number of aromatic nitrogens is 5. The van der Waals surface area contributed by atoms with Gasteiger partial charge in [-0.1, -0.05) is 23.4 Å². The largest absolute Gasteiger partial charge is 0.383 e. The summed E-state index contributed by atoms with van der Waals surface area (Å²) in [6.07, 6.45) is 0.857. The molecule has 1 unspecified atom stereocenters. The van der Waals surface area contributed by atoms with Gasteiger partial charge in [0.1, 0.15) is 0 Å². The van der Waals surface area contributed by atoms with E-state index in [4.69, 9.17) is 4.74 Å². The van der Waals surface area contributed by atoms with Gasteiger partial charge < -0.3 is 15.0 Å². The quantitative estimate of drug-likeness (QED) is 0.544. The molecule has 1 aliphatic rings. The van der Waals surface area contributed by atoms with Gasteiger partial charge in [-0.25, -0.2) is 13.5 Å². The van der Waals surface area contributed by atoms with Gasteiger partial charge in [-0.2, -0.15) is 5.10 Å². The van der Waals surface area contributed by atoms with E-state index in [2.05, 4.69) is 20.7 Å². The fourth-order valence-corrected chi connectivity index (χ4v) is 3.87. The standard InChI is InChI=1S/C20H23F2N7O3/c1-27-16-6-4-3-5-14(16)17(25-27)19(31)29-12-20(21,22)9-13(29)10-28-11-15(24-26-28)18(30)23-7-8-32-2/h3-6,11,13H,7-10,12H2,1-2H3,(H,23,30). The summed E-state index contributed by atoms with van der Waals surface area (Å²) in [6, 6.07) is 6.31. The molecule has 3 aromatic rings.